The van der Waals surface area contributed by atoms with Crippen LogP contribution in [0.5, 0.6) is 0 Å². The Hall–Kier alpha value is -2.91. The van der Waals surface area contributed by atoms with Crippen LogP contribution < -0.4 is 9.21 Å². The van der Waals surface area contributed by atoms with E-state index in [1.165, 1.54) is 17.4 Å². The van der Waals surface area contributed by atoms with Crippen LogP contribution in [-0.4, -0.2) is 52.5 Å². The molecule has 0 unspecified atom stereocenters. The number of hydrogen-bond acceptors (Lipinski definition) is 5. The molecule has 2 aromatic carbocycles. The number of carbonyl (C=O) groups excluding carboxylic acids is 1. The van der Waals surface area contributed by atoms with Crippen molar-refractivity contribution in [3.05, 3.63) is 77.4 Å². The van der Waals surface area contributed by atoms with Crippen molar-refractivity contribution in [2.75, 3.05) is 42.4 Å². The van der Waals surface area contributed by atoms with E-state index in [1.807, 2.05) is 4.90 Å². The van der Waals surface area contributed by atoms with Gasteiger partial charge in [-0.05, 0) is 47.8 Å². The number of nitrogens with zero attached hydrogens (tertiary/aromatic N) is 3. The van der Waals surface area contributed by atoms with Crippen molar-refractivity contribution in [1.82, 2.24) is 4.90 Å². The zero-order chi connectivity index (χ0) is 22.0. The molecule has 1 aliphatic heterocycles. The van der Waals surface area contributed by atoms with Crippen LogP contribution in [0.25, 0.3) is 0 Å². The topological polar surface area (TPSA) is 60.9 Å². The van der Waals surface area contributed by atoms with Crippen molar-refractivity contribution in [2.45, 2.75) is 4.21 Å². The lowest BCUT2D eigenvalue weighted by Gasteiger charge is -2.36. The van der Waals surface area contributed by atoms with Gasteiger partial charge in [-0.2, -0.15) is 0 Å². The SMILES string of the molecule is CN(c1ccc(C(=O)N2CCN(c3ccccc3F)CC2)cc1)S(=O)(=O)c1cccs1. The molecule has 0 saturated carbocycles. The molecular weight excluding hydrogens is 437 g/mol. The molecule has 0 atom stereocenters. The van der Waals surface area contributed by atoms with Crippen molar-refractivity contribution < 1.29 is 17.6 Å². The highest BCUT2D eigenvalue weighted by molar-refractivity contribution is 7.94. The third-order valence-electron chi connectivity index (χ3n) is 5.35. The standard InChI is InChI=1S/C22H22FN3O3S2/c1-24(31(28,29)21-7-4-16-30-21)18-10-8-17(9-11-18)22(27)26-14-12-25(13-15-26)20-6-3-2-5-19(20)23/h2-11,16H,12-15H2,1H3. The fourth-order valence-corrected chi connectivity index (χ4v) is 5.90. The Morgan fingerprint density at radius 1 is 0.968 bits per heavy atom. The summed E-state index contributed by atoms with van der Waals surface area (Å²) in [5.41, 5.74) is 1.52. The van der Waals surface area contributed by atoms with E-state index in [1.54, 1.807) is 64.9 Å². The molecule has 6 nitrogen and oxygen atoms in total. The predicted molar refractivity (Wildman–Crippen MR) is 121 cm³/mol. The third kappa shape index (κ3) is 4.28. The smallest absolute Gasteiger partial charge is 0.273 e. The number of para-hydroxylation sites is 1. The van der Waals surface area contributed by atoms with E-state index in [2.05, 4.69) is 0 Å². The van der Waals surface area contributed by atoms with Gasteiger partial charge in [0.15, 0.2) is 0 Å². The largest absolute Gasteiger partial charge is 0.366 e. The average Bonchev–Trinajstić information content (AvgIpc) is 3.35. The van der Waals surface area contributed by atoms with Gasteiger partial charge in [0.25, 0.3) is 15.9 Å². The molecule has 1 saturated heterocycles. The van der Waals surface area contributed by atoms with E-state index < -0.39 is 10.0 Å². The van der Waals surface area contributed by atoms with Gasteiger partial charge in [-0.15, -0.1) is 11.3 Å². The van der Waals surface area contributed by atoms with Crippen molar-refractivity contribution in [3.63, 3.8) is 0 Å². The highest BCUT2D eigenvalue weighted by Crippen LogP contribution is 2.26. The normalized spacial score (nSPS) is 14.5. The molecule has 9 heteroatoms. The van der Waals surface area contributed by atoms with Crippen LogP contribution in [0.2, 0.25) is 0 Å². The van der Waals surface area contributed by atoms with Gasteiger partial charge in [0, 0.05) is 38.8 Å². The molecule has 0 aliphatic carbocycles. The van der Waals surface area contributed by atoms with Gasteiger partial charge in [0.1, 0.15) is 10.0 Å². The summed E-state index contributed by atoms with van der Waals surface area (Å²) in [6, 6.07) is 16.4. The minimum atomic E-state index is -3.62. The van der Waals surface area contributed by atoms with Gasteiger partial charge in [-0.25, -0.2) is 12.8 Å². The number of amides is 1. The fourth-order valence-electron chi connectivity index (χ4n) is 3.54. The van der Waals surface area contributed by atoms with Crippen LogP contribution in [0.4, 0.5) is 15.8 Å². The molecular formula is C22H22FN3O3S2. The lowest BCUT2D eigenvalue weighted by molar-refractivity contribution is 0.0746. The number of anilines is 2. The zero-order valence-electron chi connectivity index (χ0n) is 16.9. The van der Waals surface area contributed by atoms with E-state index in [9.17, 15) is 17.6 Å². The quantitative estimate of drug-likeness (QED) is 0.584. The minimum absolute atomic E-state index is 0.122. The number of piperazine rings is 1. The molecule has 0 radical (unpaired) electrons. The molecule has 0 spiro atoms. The van der Waals surface area contributed by atoms with Crippen molar-refractivity contribution in [2.24, 2.45) is 0 Å². The number of carbonyl (C=O) groups is 1. The summed E-state index contributed by atoms with van der Waals surface area (Å²) < 4.78 is 40.8. The molecule has 4 rings (SSSR count). The number of halogens is 1. The predicted octanol–water partition coefficient (Wildman–Crippen LogP) is 3.67. The van der Waals surface area contributed by atoms with Crippen LogP contribution >= 0.6 is 11.3 Å². The van der Waals surface area contributed by atoms with Gasteiger partial charge in [-0.1, -0.05) is 18.2 Å². The van der Waals surface area contributed by atoms with E-state index in [0.717, 1.165) is 11.3 Å². The molecule has 2 heterocycles. The number of thiophene rings is 1. The second-order valence-electron chi connectivity index (χ2n) is 7.18. The van der Waals surface area contributed by atoms with Gasteiger partial charge in [-0.3, -0.25) is 9.10 Å². The molecule has 1 fully saturated rings. The summed E-state index contributed by atoms with van der Waals surface area (Å²) in [4.78, 5) is 16.5. The Balaban J connectivity index is 1.42. The first-order valence-corrected chi connectivity index (χ1v) is 12.1. The lowest BCUT2D eigenvalue weighted by Crippen LogP contribution is -2.49. The highest BCUT2D eigenvalue weighted by atomic mass is 32.2. The van der Waals surface area contributed by atoms with Crippen LogP contribution in [0.15, 0.2) is 70.3 Å². The summed E-state index contributed by atoms with van der Waals surface area (Å²) in [5, 5.41) is 1.72. The van der Waals surface area contributed by atoms with Crippen molar-refractivity contribution in [3.8, 4) is 0 Å². The number of rotatable bonds is 5. The Morgan fingerprint density at radius 2 is 1.65 bits per heavy atom. The van der Waals surface area contributed by atoms with Gasteiger partial charge >= 0.3 is 0 Å². The van der Waals surface area contributed by atoms with E-state index >= 15 is 0 Å². The Labute approximate surface area is 185 Å². The molecule has 1 aromatic heterocycles. The molecule has 0 N–H and O–H groups in total. The van der Waals surface area contributed by atoms with Crippen molar-refractivity contribution >= 4 is 38.6 Å². The van der Waals surface area contributed by atoms with Crippen LogP contribution in [0, 0.1) is 5.82 Å². The summed E-state index contributed by atoms with van der Waals surface area (Å²) >= 11 is 1.16. The Bertz CT molecular complexity index is 1160. The maximum atomic E-state index is 14.0. The molecule has 0 bridgehead atoms. The summed E-state index contributed by atoms with van der Waals surface area (Å²) in [7, 11) is -2.12. The highest BCUT2D eigenvalue weighted by Gasteiger charge is 2.25. The monoisotopic (exact) mass is 459 g/mol. The Morgan fingerprint density at radius 3 is 2.26 bits per heavy atom. The molecule has 31 heavy (non-hydrogen) atoms. The molecule has 3 aromatic rings. The second-order valence-corrected chi connectivity index (χ2v) is 10.3. The second kappa shape index (κ2) is 8.68. The van der Waals surface area contributed by atoms with Gasteiger partial charge in [0.2, 0.25) is 0 Å². The molecule has 1 aliphatic rings. The maximum absolute atomic E-state index is 14.0. The van der Waals surface area contributed by atoms with Gasteiger partial charge < -0.3 is 9.80 Å². The van der Waals surface area contributed by atoms with E-state index in [-0.39, 0.29) is 15.9 Å². The average molecular weight is 460 g/mol. The van der Waals surface area contributed by atoms with E-state index in [0.29, 0.717) is 43.1 Å². The van der Waals surface area contributed by atoms with Crippen molar-refractivity contribution in [1.29, 1.82) is 0 Å². The number of hydrogen-bond donors (Lipinski definition) is 0. The first-order chi connectivity index (χ1) is 14.9. The fraction of sp³-hybridized carbons (Fsp3) is 0.227. The third-order valence-corrected chi connectivity index (χ3v) is 8.51. The summed E-state index contributed by atoms with van der Waals surface area (Å²) in [5.74, 6) is -0.386. The first-order valence-electron chi connectivity index (χ1n) is 9.79. The number of sulfonamides is 1. The minimum Gasteiger partial charge on any atom is -0.366 e. The molecule has 1 amide bonds. The Kier molecular flexibility index (Phi) is 5.97. The van der Waals surface area contributed by atoms with Crippen LogP contribution in [0.3, 0.4) is 0 Å². The first kappa shape index (κ1) is 21.3. The van der Waals surface area contributed by atoms with Crippen LogP contribution in [0.1, 0.15) is 10.4 Å². The van der Waals surface area contributed by atoms with Gasteiger partial charge in [0.05, 0.1) is 11.4 Å². The summed E-state index contributed by atoms with van der Waals surface area (Å²) in [6.45, 7) is 2.07. The lowest BCUT2D eigenvalue weighted by atomic mass is 10.1. The van der Waals surface area contributed by atoms with E-state index in [4.69, 9.17) is 0 Å². The molecule has 162 valence electrons. The number of benzene rings is 2. The maximum Gasteiger partial charge on any atom is 0.273 e. The zero-order valence-corrected chi connectivity index (χ0v) is 18.6. The summed E-state index contributed by atoms with van der Waals surface area (Å²) in [6.07, 6.45) is 0. The van der Waals surface area contributed by atoms with Crippen LogP contribution in [-0.2, 0) is 10.0 Å².